The summed E-state index contributed by atoms with van der Waals surface area (Å²) >= 11 is 0. The predicted molar refractivity (Wildman–Crippen MR) is 54.1 cm³/mol. The van der Waals surface area contributed by atoms with Gasteiger partial charge in [0, 0.05) is 19.6 Å². The predicted octanol–water partition coefficient (Wildman–Crippen LogP) is -1.69. The van der Waals surface area contributed by atoms with E-state index in [-0.39, 0.29) is 12.5 Å². The SMILES string of the molecule is CCN(CC(N)=O)C(=O)C1CNCCO1. The van der Waals surface area contributed by atoms with Crippen molar-refractivity contribution in [3.8, 4) is 0 Å². The number of hydrogen-bond donors (Lipinski definition) is 2. The summed E-state index contributed by atoms with van der Waals surface area (Å²) in [5, 5.41) is 3.06. The van der Waals surface area contributed by atoms with Gasteiger partial charge in [0.25, 0.3) is 5.91 Å². The molecule has 1 unspecified atom stereocenters. The number of rotatable bonds is 4. The molecule has 1 aliphatic rings. The molecule has 6 nitrogen and oxygen atoms in total. The minimum Gasteiger partial charge on any atom is -0.368 e. The molecule has 0 bridgehead atoms. The van der Waals surface area contributed by atoms with Gasteiger partial charge in [-0.25, -0.2) is 0 Å². The molecule has 1 saturated heterocycles. The molecular formula is C9H17N3O3. The molecule has 0 radical (unpaired) electrons. The molecule has 2 amide bonds. The van der Waals surface area contributed by atoms with Crippen molar-refractivity contribution in [1.82, 2.24) is 10.2 Å². The van der Waals surface area contributed by atoms with Gasteiger partial charge in [0.1, 0.15) is 6.10 Å². The van der Waals surface area contributed by atoms with Crippen molar-refractivity contribution >= 4 is 11.8 Å². The van der Waals surface area contributed by atoms with Crippen LogP contribution in [0.15, 0.2) is 0 Å². The van der Waals surface area contributed by atoms with Crippen LogP contribution < -0.4 is 11.1 Å². The number of nitrogens with two attached hydrogens (primary N) is 1. The van der Waals surface area contributed by atoms with Gasteiger partial charge >= 0.3 is 0 Å². The summed E-state index contributed by atoms with van der Waals surface area (Å²) in [5.74, 6) is -0.683. The first-order valence-corrected chi connectivity index (χ1v) is 5.04. The number of nitrogens with zero attached hydrogens (tertiary/aromatic N) is 1. The Morgan fingerprint density at radius 2 is 2.33 bits per heavy atom. The molecule has 6 heteroatoms. The van der Waals surface area contributed by atoms with E-state index in [1.165, 1.54) is 4.90 Å². The van der Waals surface area contributed by atoms with Gasteiger partial charge in [-0.15, -0.1) is 0 Å². The molecule has 15 heavy (non-hydrogen) atoms. The quantitative estimate of drug-likeness (QED) is 0.586. The Hall–Kier alpha value is -1.14. The summed E-state index contributed by atoms with van der Waals surface area (Å²) in [6, 6.07) is 0. The Bertz CT molecular complexity index is 239. The van der Waals surface area contributed by atoms with Gasteiger partial charge in [0.15, 0.2) is 0 Å². The van der Waals surface area contributed by atoms with Gasteiger partial charge in [-0.3, -0.25) is 9.59 Å². The third-order valence-corrected chi connectivity index (χ3v) is 2.24. The van der Waals surface area contributed by atoms with Gasteiger partial charge in [-0.1, -0.05) is 0 Å². The fourth-order valence-electron chi connectivity index (χ4n) is 1.46. The molecule has 0 aliphatic carbocycles. The average molecular weight is 215 g/mol. The Morgan fingerprint density at radius 1 is 1.60 bits per heavy atom. The number of ether oxygens (including phenoxy) is 1. The molecule has 1 aliphatic heterocycles. The molecule has 86 valence electrons. The molecule has 0 aromatic rings. The van der Waals surface area contributed by atoms with Crippen molar-refractivity contribution in [2.45, 2.75) is 13.0 Å². The zero-order valence-electron chi connectivity index (χ0n) is 8.86. The summed E-state index contributed by atoms with van der Waals surface area (Å²) in [6.07, 6.45) is -0.488. The lowest BCUT2D eigenvalue weighted by molar-refractivity contribution is -0.147. The first-order chi connectivity index (χ1) is 7.15. The summed E-state index contributed by atoms with van der Waals surface area (Å²) in [7, 11) is 0. The first-order valence-electron chi connectivity index (χ1n) is 5.04. The van der Waals surface area contributed by atoms with Crippen LogP contribution in [0.4, 0.5) is 0 Å². The molecule has 1 fully saturated rings. The van der Waals surface area contributed by atoms with Gasteiger partial charge < -0.3 is 20.7 Å². The maximum absolute atomic E-state index is 11.8. The standard InChI is InChI=1S/C9H17N3O3/c1-2-12(6-8(10)13)9(14)7-5-11-3-4-15-7/h7,11H,2-6H2,1H3,(H2,10,13). The van der Waals surface area contributed by atoms with E-state index in [0.717, 1.165) is 6.54 Å². The van der Waals surface area contributed by atoms with Crippen LogP contribution >= 0.6 is 0 Å². The highest BCUT2D eigenvalue weighted by Gasteiger charge is 2.26. The van der Waals surface area contributed by atoms with E-state index in [9.17, 15) is 9.59 Å². The number of carbonyl (C=O) groups excluding carboxylic acids is 2. The van der Waals surface area contributed by atoms with Crippen molar-refractivity contribution in [2.75, 3.05) is 32.8 Å². The van der Waals surface area contributed by atoms with Gasteiger partial charge in [0.05, 0.1) is 13.2 Å². The number of morpholine rings is 1. The Kier molecular flexibility index (Phi) is 4.51. The molecule has 0 aromatic heterocycles. The second-order valence-electron chi connectivity index (χ2n) is 3.38. The van der Waals surface area contributed by atoms with Crippen LogP contribution in [-0.4, -0.2) is 55.6 Å². The number of nitrogens with one attached hydrogen (secondary N) is 1. The highest BCUT2D eigenvalue weighted by Crippen LogP contribution is 2.02. The van der Waals surface area contributed by atoms with E-state index in [1.807, 2.05) is 0 Å². The van der Waals surface area contributed by atoms with Crippen LogP contribution in [0.1, 0.15) is 6.92 Å². The van der Waals surface area contributed by atoms with Crippen LogP contribution in [0.3, 0.4) is 0 Å². The Balaban J connectivity index is 2.50. The summed E-state index contributed by atoms with van der Waals surface area (Å²) in [6.45, 7) is 3.98. The zero-order chi connectivity index (χ0) is 11.3. The molecule has 3 N–H and O–H groups in total. The van der Waals surface area contributed by atoms with Crippen molar-refractivity contribution in [2.24, 2.45) is 5.73 Å². The average Bonchev–Trinajstić information content (AvgIpc) is 2.26. The third-order valence-electron chi connectivity index (χ3n) is 2.24. The minimum atomic E-state index is -0.506. The molecule has 0 aromatic carbocycles. The van der Waals surface area contributed by atoms with Crippen LogP contribution in [0.5, 0.6) is 0 Å². The molecule has 1 rings (SSSR count). The first kappa shape index (κ1) is 11.9. The normalized spacial score (nSPS) is 21.0. The minimum absolute atomic E-state index is 0.0464. The number of hydrogen-bond acceptors (Lipinski definition) is 4. The zero-order valence-corrected chi connectivity index (χ0v) is 8.86. The van der Waals surface area contributed by atoms with Crippen LogP contribution in [0.25, 0.3) is 0 Å². The van der Waals surface area contributed by atoms with E-state index in [4.69, 9.17) is 10.5 Å². The fraction of sp³-hybridized carbons (Fsp3) is 0.778. The Morgan fingerprint density at radius 3 is 2.80 bits per heavy atom. The maximum Gasteiger partial charge on any atom is 0.253 e. The van der Waals surface area contributed by atoms with Crippen molar-refractivity contribution in [1.29, 1.82) is 0 Å². The Labute approximate surface area is 88.7 Å². The molecule has 0 spiro atoms. The van der Waals surface area contributed by atoms with E-state index >= 15 is 0 Å². The maximum atomic E-state index is 11.8. The van der Waals surface area contributed by atoms with Crippen molar-refractivity contribution in [3.05, 3.63) is 0 Å². The van der Waals surface area contributed by atoms with Crippen molar-refractivity contribution < 1.29 is 14.3 Å². The van der Waals surface area contributed by atoms with Crippen LogP contribution in [0, 0.1) is 0 Å². The lowest BCUT2D eigenvalue weighted by Crippen LogP contribution is -2.51. The highest BCUT2D eigenvalue weighted by molar-refractivity contribution is 5.86. The lowest BCUT2D eigenvalue weighted by Gasteiger charge is -2.28. The lowest BCUT2D eigenvalue weighted by atomic mass is 10.2. The second kappa shape index (κ2) is 5.67. The fourth-order valence-corrected chi connectivity index (χ4v) is 1.46. The molecule has 1 heterocycles. The van der Waals surface area contributed by atoms with E-state index in [1.54, 1.807) is 6.92 Å². The van der Waals surface area contributed by atoms with E-state index in [2.05, 4.69) is 5.32 Å². The number of amides is 2. The summed E-state index contributed by atoms with van der Waals surface area (Å²) in [5.41, 5.74) is 5.05. The smallest absolute Gasteiger partial charge is 0.253 e. The topological polar surface area (TPSA) is 84.7 Å². The van der Waals surface area contributed by atoms with Crippen LogP contribution in [0.2, 0.25) is 0 Å². The molecule has 0 saturated carbocycles. The van der Waals surface area contributed by atoms with Gasteiger partial charge in [-0.2, -0.15) is 0 Å². The molecular weight excluding hydrogens is 198 g/mol. The third kappa shape index (κ3) is 3.49. The number of primary amides is 1. The largest absolute Gasteiger partial charge is 0.368 e. The monoisotopic (exact) mass is 215 g/mol. The van der Waals surface area contributed by atoms with Crippen molar-refractivity contribution in [3.63, 3.8) is 0 Å². The number of carbonyl (C=O) groups is 2. The summed E-state index contributed by atoms with van der Waals surface area (Å²) in [4.78, 5) is 23.9. The second-order valence-corrected chi connectivity index (χ2v) is 3.38. The highest BCUT2D eigenvalue weighted by atomic mass is 16.5. The van der Waals surface area contributed by atoms with Gasteiger partial charge in [-0.05, 0) is 6.92 Å². The summed E-state index contributed by atoms with van der Waals surface area (Å²) < 4.78 is 5.30. The van der Waals surface area contributed by atoms with E-state index < -0.39 is 12.0 Å². The van der Waals surface area contributed by atoms with Crippen LogP contribution in [-0.2, 0) is 14.3 Å². The number of likely N-dealkylation sites (N-methyl/N-ethyl adjacent to an activating group) is 1. The molecule has 1 atom stereocenters. The van der Waals surface area contributed by atoms with E-state index in [0.29, 0.717) is 19.7 Å². The van der Waals surface area contributed by atoms with Gasteiger partial charge in [0.2, 0.25) is 5.91 Å².